The van der Waals surface area contributed by atoms with Crippen LogP contribution in [-0.2, 0) is 4.74 Å². The standard InChI is InChI=1S/C16H20FN3O/c1-4-18-15-13(17)11(3)19-16(20-15)14(21-5-2)12-9-7-6-8-10-12/h6-10,14H,4-5H2,1-3H3,(H,18,19,20). The molecule has 2 aromatic rings. The van der Waals surface area contributed by atoms with E-state index in [4.69, 9.17) is 4.74 Å². The molecular weight excluding hydrogens is 269 g/mol. The number of aryl methyl sites for hydroxylation is 1. The number of benzene rings is 1. The monoisotopic (exact) mass is 289 g/mol. The summed E-state index contributed by atoms with van der Waals surface area (Å²) in [7, 11) is 0. The third-order valence-electron chi connectivity index (χ3n) is 3.05. The van der Waals surface area contributed by atoms with Gasteiger partial charge in [0.2, 0.25) is 0 Å². The Bertz CT molecular complexity index is 590. The summed E-state index contributed by atoms with van der Waals surface area (Å²) in [6.07, 6.45) is -0.395. The highest BCUT2D eigenvalue weighted by Gasteiger charge is 2.20. The van der Waals surface area contributed by atoms with Crippen LogP contribution in [0.4, 0.5) is 10.2 Å². The molecule has 0 amide bonds. The van der Waals surface area contributed by atoms with E-state index in [1.165, 1.54) is 0 Å². The van der Waals surface area contributed by atoms with Crippen molar-refractivity contribution in [2.45, 2.75) is 26.9 Å². The van der Waals surface area contributed by atoms with Gasteiger partial charge in [0.15, 0.2) is 17.5 Å². The summed E-state index contributed by atoms with van der Waals surface area (Å²) in [5.41, 5.74) is 1.27. The molecule has 2 rings (SSSR count). The van der Waals surface area contributed by atoms with Crippen LogP contribution in [0.2, 0.25) is 0 Å². The maximum atomic E-state index is 14.0. The Morgan fingerprint density at radius 3 is 2.52 bits per heavy atom. The first kappa shape index (κ1) is 15.4. The maximum Gasteiger partial charge on any atom is 0.186 e. The van der Waals surface area contributed by atoms with Crippen LogP contribution in [0.3, 0.4) is 0 Å². The van der Waals surface area contributed by atoms with E-state index in [9.17, 15) is 4.39 Å². The SMILES string of the molecule is CCNc1nc(C(OCC)c2ccccc2)nc(C)c1F. The van der Waals surface area contributed by atoms with E-state index >= 15 is 0 Å². The zero-order valence-electron chi connectivity index (χ0n) is 12.6. The fourth-order valence-corrected chi connectivity index (χ4v) is 2.10. The van der Waals surface area contributed by atoms with Gasteiger partial charge in [-0.15, -0.1) is 0 Å². The molecular formula is C16H20FN3O. The minimum Gasteiger partial charge on any atom is -0.368 e. The van der Waals surface area contributed by atoms with Crippen molar-refractivity contribution in [2.24, 2.45) is 0 Å². The van der Waals surface area contributed by atoms with Crippen LogP contribution in [-0.4, -0.2) is 23.1 Å². The topological polar surface area (TPSA) is 47.0 Å². The first-order valence-electron chi connectivity index (χ1n) is 7.11. The van der Waals surface area contributed by atoms with Gasteiger partial charge in [-0.3, -0.25) is 0 Å². The van der Waals surface area contributed by atoms with Crippen molar-refractivity contribution in [2.75, 3.05) is 18.5 Å². The molecule has 0 radical (unpaired) electrons. The molecule has 1 aromatic heterocycles. The van der Waals surface area contributed by atoms with Gasteiger partial charge in [-0.1, -0.05) is 30.3 Å². The van der Waals surface area contributed by atoms with Gasteiger partial charge in [0, 0.05) is 13.2 Å². The van der Waals surface area contributed by atoms with Gasteiger partial charge in [0.1, 0.15) is 6.10 Å². The molecule has 0 saturated heterocycles. The zero-order valence-corrected chi connectivity index (χ0v) is 12.6. The molecule has 1 atom stereocenters. The Labute approximate surface area is 124 Å². The number of rotatable bonds is 6. The number of nitrogens with one attached hydrogen (secondary N) is 1. The van der Waals surface area contributed by atoms with Crippen LogP contribution in [0.5, 0.6) is 0 Å². The Balaban J connectivity index is 2.45. The van der Waals surface area contributed by atoms with Gasteiger partial charge >= 0.3 is 0 Å². The van der Waals surface area contributed by atoms with Crippen LogP contribution in [0.1, 0.15) is 37.0 Å². The molecule has 0 bridgehead atoms. The first-order valence-corrected chi connectivity index (χ1v) is 7.11. The van der Waals surface area contributed by atoms with Gasteiger partial charge in [0.05, 0.1) is 5.69 Å². The molecule has 4 nitrogen and oxygen atoms in total. The lowest BCUT2D eigenvalue weighted by Gasteiger charge is -2.18. The summed E-state index contributed by atoms with van der Waals surface area (Å²) in [5.74, 6) is 0.280. The summed E-state index contributed by atoms with van der Waals surface area (Å²) >= 11 is 0. The van der Waals surface area contributed by atoms with Gasteiger partial charge in [-0.25, -0.2) is 14.4 Å². The predicted octanol–water partition coefficient (Wildman–Crippen LogP) is 3.48. The van der Waals surface area contributed by atoms with Crippen LogP contribution in [0, 0.1) is 12.7 Å². The average Bonchev–Trinajstić information content (AvgIpc) is 2.50. The third kappa shape index (κ3) is 3.55. The van der Waals surface area contributed by atoms with E-state index in [-0.39, 0.29) is 5.82 Å². The summed E-state index contributed by atoms with van der Waals surface area (Å²) in [6.45, 7) is 6.56. The van der Waals surface area contributed by atoms with Crippen LogP contribution < -0.4 is 5.32 Å². The van der Waals surface area contributed by atoms with Crippen LogP contribution in [0.15, 0.2) is 30.3 Å². The summed E-state index contributed by atoms with van der Waals surface area (Å²) < 4.78 is 19.8. The van der Waals surface area contributed by atoms with Crippen molar-refractivity contribution in [1.29, 1.82) is 0 Å². The van der Waals surface area contributed by atoms with Crippen molar-refractivity contribution < 1.29 is 9.13 Å². The van der Waals surface area contributed by atoms with Crippen molar-refractivity contribution in [1.82, 2.24) is 9.97 Å². The number of anilines is 1. The smallest absolute Gasteiger partial charge is 0.186 e. The largest absolute Gasteiger partial charge is 0.368 e. The van der Waals surface area contributed by atoms with E-state index in [2.05, 4.69) is 15.3 Å². The second-order valence-corrected chi connectivity index (χ2v) is 4.61. The number of halogens is 1. The molecule has 0 fully saturated rings. The van der Waals surface area contributed by atoms with Crippen molar-refractivity contribution >= 4 is 5.82 Å². The van der Waals surface area contributed by atoms with Gasteiger partial charge in [0.25, 0.3) is 0 Å². The van der Waals surface area contributed by atoms with E-state index in [1.807, 2.05) is 44.2 Å². The quantitative estimate of drug-likeness (QED) is 0.884. The molecule has 0 aliphatic heterocycles. The minimum absolute atomic E-state index is 0.223. The second-order valence-electron chi connectivity index (χ2n) is 4.61. The molecule has 0 saturated carbocycles. The number of aromatic nitrogens is 2. The third-order valence-corrected chi connectivity index (χ3v) is 3.05. The summed E-state index contributed by atoms with van der Waals surface area (Å²) in [4.78, 5) is 8.56. The highest BCUT2D eigenvalue weighted by molar-refractivity contribution is 5.39. The Morgan fingerprint density at radius 2 is 1.90 bits per heavy atom. The highest BCUT2D eigenvalue weighted by atomic mass is 19.1. The van der Waals surface area contributed by atoms with E-state index in [0.717, 1.165) is 5.56 Å². The molecule has 1 unspecified atom stereocenters. The van der Waals surface area contributed by atoms with Crippen LogP contribution >= 0.6 is 0 Å². The van der Waals surface area contributed by atoms with Gasteiger partial charge in [-0.05, 0) is 26.3 Å². The molecule has 1 N–H and O–H groups in total. The Hall–Kier alpha value is -2.01. The lowest BCUT2D eigenvalue weighted by atomic mass is 10.1. The predicted molar refractivity (Wildman–Crippen MR) is 80.8 cm³/mol. The second kappa shape index (κ2) is 7.13. The van der Waals surface area contributed by atoms with E-state index < -0.39 is 11.9 Å². The highest BCUT2D eigenvalue weighted by Crippen LogP contribution is 2.25. The van der Waals surface area contributed by atoms with E-state index in [1.54, 1.807) is 6.92 Å². The number of hydrogen-bond donors (Lipinski definition) is 1. The van der Waals surface area contributed by atoms with E-state index in [0.29, 0.717) is 24.7 Å². The zero-order chi connectivity index (χ0) is 15.2. The molecule has 0 spiro atoms. The number of hydrogen-bond acceptors (Lipinski definition) is 4. The molecule has 21 heavy (non-hydrogen) atoms. The molecule has 0 aliphatic rings. The van der Waals surface area contributed by atoms with Crippen molar-refractivity contribution in [3.63, 3.8) is 0 Å². The normalized spacial score (nSPS) is 12.2. The summed E-state index contributed by atoms with van der Waals surface area (Å²) in [6, 6.07) is 9.71. The number of nitrogens with zero attached hydrogens (tertiary/aromatic N) is 2. The molecule has 1 heterocycles. The average molecular weight is 289 g/mol. The van der Waals surface area contributed by atoms with Crippen molar-refractivity contribution in [3.05, 3.63) is 53.2 Å². The lowest BCUT2D eigenvalue weighted by molar-refractivity contribution is 0.0849. The Kier molecular flexibility index (Phi) is 5.22. The summed E-state index contributed by atoms with van der Waals surface area (Å²) in [5, 5.41) is 2.92. The molecule has 5 heteroatoms. The van der Waals surface area contributed by atoms with Gasteiger partial charge in [-0.2, -0.15) is 0 Å². The maximum absolute atomic E-state index is 14.0. The molecule has 1 aromatic carbocycles. The molecule has 112 valence electrons. The van der Waals surface area contributed by atoms with Gasteiger partial charge < -0.3 is 10.1 Å². The fraction of sp³-hybridized carbons (Fsp3) is 0.375. The fourth-order valence-electron chi connectivity index (χ4n) is 2.10. The van der Waals surface area contributed by atoms with Crippen molar-refractivity contribution in [3.8, 4) is 0 Å². The number of ether oxygens (including phenoxy) is 1. The molecule has 0 aliphatic carbocycles. The lowest BCUT2D eigenvalue weighted by Crippen LogP contribution is -2.15. The first-order chi connectivity index (χ1) is 10.2. The van der Waals surface area contributed by atoms with Crippen LogP contribution in [0.25, 0.3) is 0 Å². The minimum atomic E-state index is -0.413. The Morgan fingerprint density at radius 1 is 1.19 bits per heavy atom.